The molecule has 118 valence electrons. The van der Waals surface area contributed by atoms with E-state index in [-0.39, 0.29) is 0 Å². The van der Waals surface area contributed by atoms with Gasteiger partial charge in [-0.15, -0.1) is 5.10 Å². The van der Waals surface area contributed by atoms with Gasteiger partial charge >= 0.3 is 5.97 Å². The van der Waals surface area contributed by atoms with E-state index in [0.29, 0.717) is 16.1 Å². The topological polar surface area (TPSA) is 57.0 Å². The van der Waals surface area contributed by atoms with Crippen LogP contribution < -0.4 is 0 Å². The first-order chi connectivity index (χ1) is 11.1. The molecule has 0 fully saturated rings. The molecule has 3 aromatic rings. The van der Waals surface area contributed by atoms with Gasteiger partial charge in [0, 0.05) is 17.1 Å². The number of carbonyl (C=O) groups is 1. The Morgan fingerprint density at radius 1 is 1.30 bits per heavy atom. The second-order valence-electron chi connectivity index (χ2n) is 5.18. The van der Waals surface area contributed by atoms with Gasteiger partial charge in [0.15, 0.2) is 0 Å². The zero-order valence-corrected chi connectivity index (χ0v) is 13.6. The number of hydrogen-bond acceptors (Lipinski definition) is 4. The van der Waals surface area contributed by atoms with Crippen LogP contribution in [0.2, 0.25) is 5.02 Å². The minimum Gasteiger partial charge on any atom is -0.454 e. The Hall–Kier alpha value is -2.40. The van der Waals surface area contributed by atoms with E-state index >= 15 is 0 Å². The van der Waals surface area contributed by atoms with Gasteiger partial charge in [0.1, 0.15) is 11.6 Å². The number of halogens is 1. The number of fused-ring (bicyclic) bond motifs is 1. The van der Waals surface area contributed by atoms with E-state index in [0.717, 1.165) is 17.6 Å². The minimum atomic E-state index is -0.432. The molecule has 0 saturated carbocycles. The lowest BCUT2D eigenvalue weighted by Gasteiger charge is -2.15. The molecule has 5 nitrogen and oxygen atoms in total. The van der Waals surface area contributed by atoms with Gasteiger partial charge < -0.3 is 4.74 Å². The third-order valence-corrected chi connectivity index (χ3v) is 4.02. The Balaban J connectivity index is 1.82. The summed E-state index contributed by atoms with van der Waals surface area (Å²) in [5, 5.41) is 8.68. The second-order valence-corrected chi connectivity index (χ2v) is 5.58. The first-order valence-corrected chi connectivity index (χ1v) is 7.76. The van der Waals surface area contributed by atoms with Crippen molar-refractivity contribution in [1.29, 1.82) is 0 Å². The largest absolute Gasteiger partial charge is 0.454 e. The fourth-order valence-corrected chi connectivity index (χ4v) is 2.72. The van der Waals surface area contributed by atoms with E-state index in [9.17, 15) is 4.79 Å². The molecule has 0 unspecified atom stereocenters. The summed E-state index contributed by atoms with van der Waals surface area (Å²) in [5.74, 6) is -0.412. The molecule has 23 heavy (non-hydrogen) atoms. The van der Waals surface area contributed by atoms with Gasteiger partial charge in [0.05, 0.1) is 11.1 Å². The average Bonchev–Trinajstić information content (AvgIpc) is 2.97. The van der Waals surface area contributed by atoms with Crippen molar-refractivity contribution >= 4 is 28.6 Å². The van der Waals surface area contributed by atoms with Crippen molar-refractivity contribution in [3.8, 4) is 0 Å². The molecule has 0 aliphatic carbocycles. The summed E-state index contributed by atoms with van der Waals surface area (Å²) in [6.45, 7) is 4.51. The fourth-order valence-electron chi connectivity index (χ4n) is 2.43. The number of hydrogen-bond donors (Lipinski definition) is 0. The van der Waals surface area contributed by atoms with Crippen LogP contribution in [0.4, 0.5) is 0 Å². The predicted octanol–water partition coefficient (Wildman–Crippen LogP) is 4.02. The zero-order chi connectivity index (χ0) is 16.4. The van der Waals surface area contributed by atoms with E-state index < -0.39 is 12.1 Å². The normalized spacial score (nSPS) is 12.3. The number of aryl methyl sites for hydroxylation is 1. The van der Waals surface area contributed by atoms with Gasteiger partial charge in [-0.25, -0.2) is 9.48 Å². The van der Waals surface area contributed by atoms with Crippen molar-refractivity contribution in [1.82, 2.24) is 15.0 Å². The monoisotopic (exact) mass is 329 g/mol. The zero-order valence-electron chi connectivity index (χ0n) is 12.9. The van der Waals surface area contributed by atoms with E-state index in [1.54, 1.807) is 29.8 Å². The molecule has 0 radical (unpaired) electrons. The highest BCUT2D eigenvalue weighted by Crippen LogP contribution is 2.26. The molecule has 6 heteroatoms. The second kappa shape index (κ2) is 6.38. The number of aromatic nitrogens is 3. The molecule has 0 aliphatic rings. The number of carbonyl (C=O) groups excluding carboxylic acids is 1. The third-order valence-electron chi connectivity index (χ3n) is 3.68. The van der Waals surface area contributed by atoms with Crippen molar-refractivity contribution in [2.45, 2.75) is 26.5 Å². The molecule has 1 atom stereocenters. The van der Waals surface area contributed by atoms with Gasteiger partial charge in [-0.2, -0.15) is 0 Å². The molecule has 2 aromatic carbocycles. The van der Waals surface area contributed by atoms with Crippen LogP contribution >= 0.6 is 11.6 Å². The molecule has 0 amide bonds. The van der Waals surface area contributed by atoms with E-state index in [1.165, 1.54) is 0 Å². The number of benzene rings is 2. The van der Waals surface area contributed by atoms with Crippen molar-refractivity contribution in [3.05, 3.63) is 58.6 Å². The van der Waals surface area contributed by atoms with E-state index in [4.69, 9.17) is 16.3 Å². The Morgan fingerprint density at radius 3 is 2.83 bits per heavy atom. The highest BCUT2D eigenvalue weighted by molar-refractivity contribution is 6.31. The summed E-state index contributed by atoms with van der Waals surface area (Å²) in [6, 6.07) is 12.6. The Bertz CT molecular complexity index is 860. The van der Waals surface area contributed by atoms with Crippen LogP contribution in [0.3, 0.4) is 0 Å². The van der Waals surface area contributed by atoms with Crippen molar-refractivity contribution in [2.75, 3.05) is 0 Å². The minimum absolute atomic E-state index is 0.412. The van der Waals surface area contributed by atoms with E-state index in [2.05, 4.69) is 10.3 Å². The Morgan fingerprint density at radius 2 is 2.09 bits per heavy atom. The summed E-state index contributed by atoms with van der Waals surface area (Å²) in [5.41, 5.74) is 2.79. The molecular weight excluding hydrogens is 314 g/mol. The number of nitrogens with zero attached hydrogens (tertiary/aromatic N) is 3. The molecule has 0 spiro atoms. The summed E-state index contributed by atoms with van der Waals surface area (Å²) in [7, 11) is 0. The predicted molar refractivity (Wildman–Crippen MR) is 88.5 cm³/mol. The molecule has 0 saturated heterocycles. The van der Waals surface area contributed by atoms with Gasteiger partial charge in [0.2, 0.25) is 0 Å². The van der Waals surface area contributed by atoms with Crippen LogP contribution in [-0.2, 0) is 11.3 Å². The summed E-state index contributed by atoms with van der Waals surface area (Å²) >= 11 is 6.13. The first-order valence-electron chi connectivity index (χ1n) is 7.38. The van der Waals surface area contributed by atoms with Crippen LogP contribution in [0.5, 0.6) is 0 Å². The molecule has 0 N–H and O–H groups in total. The maximum atomic E-state index is 12.3. The van der Waals surface area contributed by atoms with Gasteiger partial charge in [-0.05, 0) is 38.1 Å². The highest BCUT2D eigenvalue weighted by atomic mass is 35.5. The van der Waals surface area contributed by atoms with Crippen molar-refractivity contribution < 1.29 is 9.53 Å². The summed E-state index contributed by atoms with van der Waals surface area (Å²) in [4.78, 5) is 12.3. The van der Waals surface area contributed by atoms with Crippen LogP contribution in [-0.4, -0.2) is 21.0 Å². The highest BCUT2D eigenvalue weighted by Gasteiger charge is 2.17. The lowest BCUT2D eigenvalue weighted by molar-refractivity contribution is 0.0338. The van der Waals surface area contributed by atoms with Crippen LogP contribution in [0.25, 0.3) is 11.0 Å². The first kappa shape index (κ1) is 15.5. The number of ether oxygens (including phenoxy) is 1. The van der Waals surface area contributed by atoms with Crippen LogP contribution in [0, 0.1) is 0 Å². The quantitative estimate of drug-likeness (QED) is 0.678. The molecule has 1 heterocycles. The lowest BCUT2D eigenvalue weighted by atomic mass is 10.1. The standard InChI is InChI=1S/C17H16ClN3O2/c1-3-21-16-9-8-12(10-15(16)19-20-21)17(22)23-11(2)13-6-4-5-7-14(13)18/h4-11H,3H2,1-2H3/t11-/m0/s1. The van der Waals surface area contributed by atoms with Gasteiger partial charge in [-0.3, -0.25) is 0 Å². The summed E-state index contributed by atoms with van der Waals surface area (Å²) < 4.78 is 7.28. The number of rotatable bonds is 4. The third kappa shape index (κ3) is 3.05. The number of esters is 1. The molecule has 0 aliphatic heterocycles. The Labute approximate surface area is 138 Å². The fraction of sp³-hybridized carbons (Fsp3) is 0.235. The van der Waals surface area contributed by atoms with Gasteiger partial charge in [0.25, 0.3) is 0 Å². The van der Waals surface area contributed by atoms with Crippen molar-refractivity contribution in [3.63, 3.8) is 0 Å². The SMILES string of the molecule is CCn1nnc2cc(C(=O)O[C@@H](C)c3ccccc3Cl)ccc21. The molecule has 1 aromatic heterocycles. The smallest absolute Gasteiger partial charge is 0.338 e. The average molecular weight is 330 g/mol. The van der Waals surface area contributed by atoms with Gasteiger partial charge in [-0.1, -0.05) is 35.0 Å². The molecular formula is C17H16ClN3O2. The maximum absolute atomic E-state index is 12.3. The van der Waals surface area contributed by atoms with Crippen LogP contribution in [0.1, 0.15) is 35.9 Å². The van der Waals surface area contributed by atoms with Crippen LogP contribution in [0.15, 0.2) is 42.5 Å². The van der Waals surface area contributed by atoms with E-state index in [1.807, 2.05) is 31.2 Å². The Kier molecular flexibility index (Phi) is 4.30. The molecule has 0 bridgehead atoms. The summed E-state index contributed by atoms with van der Waals surface area (Å²) in [6.07, 6.45) is -0.432. The maximum Gasteiger partial charge on any atom is 0.338 e. The lowest BCUT2D eigenvalue weighted by Crippen LogP contribution is -2.09. The molecule has 3 rings (SSSR count). The van der Waals surface area contributed by atoms with Crippen molar-refractivity contribution in [2.24, 2.45) is 0 Å².